The molecule has 1 N–H and O–H groups in total. The highest BCUT2D eigenvalue weighted by Crippen LogP contribution is 2.16. The Balaban J connectivity index is 1.47. The number of halogens is 1. The summed E-state index contributed by atoms with van der Waals surface area (Å²) in [4.78, 5) is 24.2. The Morgan fingerprint density at radius 3 is 2.50 bits per heavy atom. The van der Waals surface area contributed by atoms with E-state index in [1.54, 1.807) is 23.0 Å². The molecule has 0 fully saturated rings. The highest BCUT2D eigenvalue weighted by molar-refractivity contribution is 9.10. The van der Waals surface area contributed by atoms with Crippen molar-refractivity contribution in [1.82, 2.24) is 15.1 Å². The zero-order valence-electron chi connectivity index (χ0n) is 15.3. The lowest BCUT2D eigenvalue weighted by Crippen LogP contribution is -2.31. The summed E-state index contributed by atoms with van der Waals surface area (Å²) < 4.78 is 7.88. The SMILES string of the molecule is CC(NC(=O)COC(=O)c1ccc(Cn2cccn2)cc1)c1ccc(Br)cc1. The first-order valence-electron chi connectivity index (χ1n) is 8.79. The van der Waals surface area contributed by atoms with Gasteiger partial charge in [-0.15, -0.1) is 0 Å². The van der Waals surface area contributed by atoms with E-state index in [-0.39, 0.29) is 18.6 Å². The lowest BCUT2D eigenvalue weighted by atomic mass is 10.1. The topological polar surface area (TPSA) is 73.2 Å². The van der Waals surface area contributed by atoms with Crippen LogP contribution in [-0.4, -0.2) is 28.3 Å². The average molecular weight is 442 g/mol. The fourth-order valence-corrected chi connectivity index (χ4v) is 2.92. The molecule has 0 aliphatic carbocycles. The molecular weight excluding hydrogens is 422 g/mol. The molecule has 1 unspecified atom stereocenters. The summed E-state index contributed by atoms with van der Waals surface area (Å²) in [5, 5.41) is 6.96. The van der Waals surface area contributed by atoms with Crippen LogP contribution in [0.25, 0.3) is 0 Å². The molecule has 28 heavy (non-hydrogen) atoms. The standard InChI is InChI=1S/C21H20BrN3O3/c1-15(17-7-9-19(22)10-8-17)24-20(26)14-28-21(27)18-5-3-16(4-6-18)13-25-12-2-11-23-25/h2-12,15H,13-14H2,1H3,(H,24,26). The van der Waals surface area contributed by atoms with Crippen molar-refractivity contribution in [1.29, 1.82) is 0 Å². The average Bonchev–Trinajstić information content (AvgIpc) is 3.20. The first kappa shape index (κ1) is 19.8. The van der Waals surface area contributed by atoms with E-state index in [9.17, 15) is 9.59 Å². The number of amides is 1. The Hall–Kier alpha value is -2.93. The van der Waals surface area contributed by atoms with Crippen molar-refractivity contribution in [3.05, 3.63) is 88.2 Å². The molecule has 3 rings (SSSR count). The molecule has 0 spiro atoms. The fourth-order valence-electron chi connectivity index (χ4n) is 2.66. The van der Waals surface area contributed by atoms with Crippen LogP contribution in [0.2, 0.25) is 0 Å². The summed E-state index contributed by atoms with van der Waals surface area (Å²) >= 11 is 3.38. The van der Waals surface area contributed by atoms with E-state index >= 15 is 0 Å². The lowest BCUT2D eigenvalue weighted by molar-refractivity contribution is -0.124. The Bertz CT molecular complexity index is 923. The van der Waals surface area contributed by atoms with Gasteiger partial charge in [0.15, 0.2) is 6.61 Å². The van der Waals surface area contributed by atoms with Gasteiger partial charge in [0.1, 0.15) is 0 Å². The minimum absolute atomic E-state index is 0.180. The van der Waals surface area contributed by atoms with E-state index in [4.69, 9.17) is 4.74 Å². The van der Waals surface area contributed by atoms with Crippen molar-refractivity contribution in [3.8, 4) is 0 Å². The Kier molecular flexibility index (Phi) is 6.60. The minimum Gasteiger partial charge on any atom is -0.452 e. The number of carbonyl (C=O) groups excluding carboxylic acids is 2. The number of esters is 1. The maximum Gasteiger partial charge on any atom is 0.338 e. The molecular formula is C21H20BrN3O3. The van der Waals surface area contributed by atoms with E-state index in [2.05, 4.69) is 26.3 Å². The van der Waals surface area contributed by atoms with Crippen LogP contribution >= 0.6 is 15.9 Å². The number of nitrogens with zero attached hydrogens (tertiary/aromatic N) is 2. The van der Waals surface area contributed by atoms with Crippen LogP contribution in [0.1, 0.15) is 34.5 Å². The molecule has 6 nitrogen and oxygen atoms in total. The zero-order valence-corrected chi connectivity index (χ0v) is 16.9. The lowest BCUT2D eigenvalue weighted by Gasteiger charge is -2.14. The van der Waals surface area contributed by atoms with Gasteiger partial charge in [-0.1, -0.05) is 40.2 Å². The largest absolute Gasteiger partial charge is 0.452 e. The van der Waals surface area contributed by atoms with Crippen LogP contribution in [0.5, 0.6) is 0 Å². The second-order valence-electron chi connectivity index (χ2n) is 6.32. The second kappa shape index (κ2) is 9.32. The number of hydrogen-bond donors (Lipinski definition) is 1. The number of rotatable bonds is 7. The van der Waals surface area contributed by atoms with Crippen molar-refractivity contribution in [3.63, 3.8) is 0 Å². The normalized spacial score (nSPS) is 11.6. The van der Waals surface area contributed by atoms with Crippen LogP contribution in [0.3, 0.4) is 0 Å². The molecule has 0 radical (unpaired) electrons. The monoisotopic (exact) mass is 441 g/mol. The Labute approximate surface area is 171 Å². The van der Waals surface area contributed by atoms with E-state index in [0.29, 0.717) is 12.1 Å². The first-order chi connectivity index (χ1) is 13.5. The quantitative estimate of drug-likeness (QED) is 0.566. The maximum absolute atomic E-state index is 12.1. The molecule has 144 valence electrons. The Morgan fingerprint density at radius 1 is 1.14 bits per heavy atom. The van der Waals surface area contributed by atoms with E-state index in [1.165, 1.54) is 0 Å². The molecule has 1 heterocycles. The summed E-state index contributed by atoms with van der Waals surface area (Å²) in [5.74, 6) is -0.879. The number of nitrogens with one attached hydrogen (secondary N) is 1. The summed E-state index contributed by atoms with van der Waals surface area (Å²) in [6.45, 7) is 2.18. The number of carbonyl (C=O) groups is 2. The van der Waals surface area contributed by atoms with Crippen LogP contribution < -0.4 is 5.32 Å². The minimum atomic E-state index is -0.530. The summed E-state index contributed by atoms with van der Waals surface area (Å²) in [7, 11) is 0. The third kappa shape index (κ3) is 5.53. The molecule has 1 amide bonds. The molecule has 3 aromatic rings. The fraction of sp³-hybridized carbons (Fsp3) is 0.190. The van der Waals surface area contributed by atoms with Gasteiger partial charge < -0.3 is 10.1 Å². The van der Waals surface area contributed by atoms with Crippen molar-refractivity contribution in [2.24, 2.45) is 0 Å². The van der Waals surface area contributed by atoms with Crippen molar-refractivity contribution in [2.75, 3.05) is 6.61 Å². The van der Waals surface area contributed by atoms with Crippen LogP contribution in [-0.2, 0) is 16.1 Å². The third-order valence-corrected chi connectivity index (χ3v) is 4.70. The third-order valence-electron chi connectivity index (χ3n) is 4.18. The number of benzene rings is 2. The van der Waals surface area contributed by atoms with Gasteiger partial charge in [-0.25, -0.2) is 4.79 Å². The van der Waals surface area contributed by atoms with Gasteiger partial charge in [0.05, 0.1) is 18.2 Å². The van der Waals surface area contributed by atoms with E-state index < -0.39 is 5.97 Å². The molecule has 1 atom stereocenters. The molecule has 0 bridgehead atoms. The molecule has 2 aromatic carbocycles. The molecule has 1 aromatic heterocycles. The van der Waals surface area contributed by atoms with Gasteiger partial charge in [-0.05, 0) is 48.4 Å². The van der Waals surface area contributed by atoms with Gasteiger partial charge in [-0.3, -0.25) is 9.48 Å². The maximum atomic E-state index is 12.1. The van der Waals surface area contributed by atoms with Crippen molar-refractivity contribution < 1.29 is 14.3 Å². The number of hydrogen-bond acceptors (Lipinski definition) is 4. The highest BCUT2D eigenvalue weighted by atomic mass is 79.9. The van der Waals surface area contributed by atoms with Crippen LogP contribution in [0.15, 0.2) is 71.5 Å². The predicted octanol–water partition coefficient (Wildman–Crippen LogP) is 3.73. The van der Waals surface area contributed by atoms with E-state index in [0.717, 1.165) is 15.6 Å². The molecule has 0 saturated heterocycles. The van der Waals surface area contributed by atoms with Gasteiger partial charge in [0.25, 0.3) is 5.91 Å². The molecule has 7 heteroatoms. The second-order valence-corrected chi connectivity index (χ2v) is 7.23. The first-order valence-corrected chi connectivity index (χ1v) is 9.59. The highest BCUT2D eigenvalue weighted by Gasteiger charge is 2.13. The smallest absolute Gasteiger partial charge is 0.338 e. The summed E-state index contributed by atoms with van der Waals surface area (Å²) in [6, 6.07) is 16.4. The van der Waals surface area contributed by atoms with Crippen molar-refractivity contribution >= 4 is 27.8 Å². The van der Waals surface area contributed by atoms with Gasteiger partial charge in [-0.2, -0.15) is 5.10 Å². The molecule has 0 aliphatic heterocycles. The zero-order chi connectivity index (χ0) is 19.9. The van der Waals surface area contributed by atoms with Crippen LogP contribution in [0.4, 0.5) is 0 Å². The Morgan fingerprint density at radius 2 is 1.86 bits per heavy atom. The molecule has 0 saturated carbocycles. The number of ether oxygens (including phenoxy) is 1. The predicted molar refractivity (Wildman–Crippen MR) is 109 cm³/mol. The summed E-state index contributed by atoms with van der Waals surface area (Å²) in [5.41, 5.74) is 2.38. The number of aromatic nitrogens is 2. The van der Waals surface area contributed by atoms with Gasteiger partial charge in [0.2, 0.25) is 0 Å². The van der Waals surface area contributed by atoms with Gasteiger partial charge >= 0.3 is 5.97 Å². The van der Waals surface area contributed by atoms with E-state index in [1.807, 2.05) is 55.6 Å². The summed E-state index contributed by atoms with van der Waals surface area (Å²) in [6.07, 6.45) is 3.59. The van der Waals surface area contributed by atoms with Crippen molar-refractivity contribution in [2.45, 2.75) is 19.5 Å². The molecule has 0 aliphatic rings. The van der Waals surface area contributed by atoms with Crippen LogP contribution in [0, 0.1) is 0 Å². The van der Waals surface area contributed by atoms with Gasteiger partial charge in [0, 0.05) is 16.9 Å².